The van der Waals surface area contributed by atoms with E-state index in [9.17, 15) is 19.7 Å². The van der Waals surface area contributed by atoms with Crippen molar-refractivity contribution in [2.45, 2.75) is 18.9 Å². The SMILES string of the molecule is O=Cc1ccc(N2CCCC3C(=O)NCC32)c([N+](=O)[O-])c1. The number of nitro groups is 1. The third-order valence-electron chi connectivity index (χ3n) is 4.24. The molecule has 2 heterocycles. The fourth-order valence-electron chi connectivity index (χ4n) is 3.25. The number of amides is 1. The Labute approximate surface area is 121 Å². The Kier molecular flexibility index (Phi) is 3.32. The van der Waals surface area contributed by atoms with Crippen LogP contribution in [0.4, 0.5) is 11.4 Å². The molecule has 0 aliphatic carbocycles. The second kappa shape index (κ2) is 5.16. The number of carbonyl (C=O) groups is 2. The fourth-order valence-corrected chi connectivity index (χ4v) is 3.25. The van der Waals surface area contributed by atoms with Crippen LogP contribution in [0, 0.1) is 16.0 Å². The van der Waals surface area contributed by atoms with E-state index in [2.05, 4.69) is 5.32 Å². The van der Waals surface area contributed by atoms with Crippen molar-refractivity contribution in [2.24, 2.45) is 5.92 Å². The Balaban J connectivity index is 2.01. The third-order valence-corrected chi connectivity index (χ3v) is 4.24. The van der Waals surface area contributed by atoms with Crippen molar-refractivity contribution in [1.29, 1.82) is 0 Å². The summed E-state index contributed by atoms with van der Waals surface area (Å²) in [5.41, 5.74) is 0.677. The lowest BCUT2D eigenvalue weighted by Gasteiger charge is -2.37. The smallest absolute Gasteiger partial charge is 0.293 e. The van der Waals surface area contributed by atoms with Gasteiger partial charge in [0.25, 0.3) is 5.69 Å². The van der Waals surface area contributed by atoms with E-state index in [0.29, 0.717) is 25.1 Å². The average Bonchev–Trinajstić information content (AvgIpc) is 2.88. The quantitative estimate of drug-likeness (QED) is 0.511. The van der Waals surface area contributed by atoms with Crippen molar-refractivity contribution in [2.75, 3.05) is 18.0 Å². The molecule has 1 amide bonds. The van der Waals surface area contributed by atoms with E-state index < -0.39 is 4.92 Å². The predicted octanol–water partition coefficient (Wildman–Crippen LogP) is 1.12. The number of carbonyl (C=O) groups excluding carboxylic acids is 2. The number of fused-ring (bicyclic) bond motifs is 1. The Morgan fingerprint density at radius 3 is 2.95 bits per heavy atom. The molecular weight excluding hydrogens is 274 g/mol. The van der Waals surface area contributed by atoms with Crippen LogP contribution >= 0.6 is 0 Å². The molecule has 2 fully saturated rings. The van der Waals surface area contributed by atoms with Crippen LogP contribution in [-0.4, -0.2) is 36.2 Å². The fraction of sp³-hybridized carbons (Fsp3) is 0.429. The molecule has 3 rings (SSSR count). The number of anilines is 1. The topological polar surface area (TPSA) is 92.6 Å². The minimum absolute atomic E-state index is 0.0249. The summed E-state index contributed by atoms with van der Waals surface area (Å²) in [6.45, 7) is 1.19. The van der Waals surface area contributed by atoms with Gasteiger partial charge in [-0.1, -0.05) is 0 Å². The lowest BCUT2D eigenvalue weighted by atomic mass is 9.91. The molecule has 2 aliphatic rings. The summed E-state index contributed by atoms with van der Waals surface area (Å²) < 4.78 is 0. The summed E-state index contributed by atoms with van der Waals surface area (Å²) in [5.74, 6) is -0.0824. The molecule has 0 radical (unpaired) electrons. The zero-order valence-electron chi connectivity index (χ0n) is 11.3. The van der Waals surface area contributed by atoms with Gasteiger partial charge in [-0.3, -0.25) is 19.7 Å². The van der Waals surface area contributed by atoms with Crippen LogP contribution in [0.25, 0.3) is 0 Å². The molecule has 0 aromatic heterocycles. The number of nitrogens with one attached hydrogen (secondary N) is 1. The number of hydrogen-bond acceptors (Lipinski definition) is 5. The summed E-state index contributed by atoms with van der Waals surface area (Å²) in [6, 6.07) is 4.42. The summed E-state index contributed by atoms with van der Waals surface area (Å²) in [7, 11) is 0. The van der Waals surface area contributed by atoms with Crippen LogP contribution in [0.2, 0.25) is 0 Å². The lowest BCUT2D eigenvalue weighted by molar-refractivity contribution is -0.384. The monoisotopic (exact) mass is 289 g/mol. The van der Waals surface area contributed by atoms with Gasteiger partial charge < -0.3 is 10.2 Å². The van der Waals surface area contributed by atoms with Gasteiger partial charge in [-0.05, 0) is 25.0 Å². The molecule has 7 nitrogen and oxygen atoms in total. The normalized spacial score (nSPS) is 24.4. The molecular formula is C14H15N3O4. The van der Waals surface area contributed by atoms with Gasteiger partial charge in [-0.2, -0.15) is 0 Å². The van der Waals surface area contributed by atoms with E-state index >= 15 is 0 Å². The maximum absolute atomic E-state index is 11.8. The average molecular weight is 289 g/mol. The highest BCUT2D eigenvalue weighted by atomic mass is 16.6. The van der Waals surface area contributed by atoms with Gasteiger partial charge in [-0.25, -0.2) is 0 Å². The zero-order valence-corrected chi connectivity index (χ0v) is 11.3. The second-order valence-electron chi connectivity index (χ2n) is 5.38. The summed E-state index contributed by atoms with van der Waals surface area (Å²) in [4.78, 5) is 35.3. The highest BCUT2D eigenvalue weighted by Gasteiger charge is 2.42. The van der Waals surface area contributed by atoms with Crippen LogP contribution in [0.3, 0.4) is 0 Å². The second-order valence-corrected chi connectivity index (χ2v) is 5.38. The minimum Gasteiger partial charge on any atom is -0.360 e. The number of rotatable bonds is 3. The van der Waals surface area contributed by atoms with Crippen molar-refractivity contribution in [3.63, 3.8) is 0 Å². The van der Waals surface area contributed by atoms with Crippen molar-refractivity contribution in [1.82, 2.24) is 5.32 Å². The van der Waals surface area contributed by atoms with Crippen LogP contribution in [0.5, 0.6) is 0 Å². The molecule has 2 atom stereocenters. The molecule has 1 aromatic rings. The van der Waals surface area contributed by atoms with Gasteiger partial charge in [0.15, 0.2) is 0 Å². The van der Waals surface area contributed by atoms with E-state index in [0.717, 1.165) is 12.8 Å². The summed E-state index contributed by atoms with van der Waals surface area (Å²) in [5, 5.41) is 14.1. The molecule has 1 aromatic carbocycles. The van der Waals surface area contributed by atoms with Crippen LogP contribution < -0.4 is 10.2 Å². The highest BCUT2D eigenvalue weighted by molar-refractivity contribution is 5.84. The number of hydrogen-bond donors (Lipinski definition) is 1. The number of benzene rings is 1. The first-order chi connectivity index (χ1) is 10.1. The van der Waals surface area contributed by atoms with E-state index in [-0.39, 0.29) is 29.1 Å². The Morgan fingerprint density at radius 2 is 2.24 bits per heavy atom. The molecule has 2 unspecified atom stereocenters. The molecule has 0 spiro atoms. The van der Waals surface area contributed by atoms with Gasteiger partial charge >= 0.3 is 0 Å². The van der Waals surface area contributed by atoms with Gasteiger partial charge in [0.1, 0.15) is 12.0 Å². The third kappa shape index (κ3) is 2.24. The number of piperidine rings is 1. The number of nitrogens with zero attached hydrogens (tertiary/aromatic N) is 2. The maximum Gasteiger partial charge on any atom is 0.293 e. The first-order valence-corrected chi connectivity index (χ1v) is 6.90. The molecule has 1 N–H and O–H groups in total. The Morgan fingerprint density at radius 1 is 1.43 bits per heavy atom. The zero-order chi connectivity index (χ0) is 15.0. The minimum atomic E-state index is -0.476. The van der Waals surface area contributed by atoms with Crippen LogP contribution in [-0.2, 0) is 4.79 Å². The first-order valence-electron chi connectivity index (χ1n) is 6.90. The van der Waals surface area contributed by atoms with Gasteiger partial charge in [-0.15, -0.1) is 0 Å². The summed E-state index contributed by atoms with van der Waals surface area (Å²) in [6.07, 6.45) is 2.23. The summed E-state index contributed by atoms with van der Waals surface area (Å²) >= 11 is 0. The molecule has 21 heavy (non-hydrogen) atoms. The number of nitro benzene ring substituents is 1. The molecule has 2 saturated heterocycles. The number of aldehydes is 1. The van der Waals surface area contributed by atoms with Gasteiger partial charge in [0.2, 0.25) is 5.91 Å². The Bertz CT molecular complexity index is 616. The molecule has 7 heteroatoms. The van der Waals surface area contributed by atoms with Crippen molar-refractivity contribution < 1.29 is 14.5 Å². The molecule has 2 aliphatic heterocycles. The lowest BCUT2D eigenvalue weighted by Crippen LogP contribution is -2.45. The van der Waals surface area contributed by atoms with E-state index in [1.54, 1.807) is 12.1 Å². The van der Waals surface area contributed by atoms with Crippen molar-refractivity contribution in [3.8, 4) is 0 Å². The maximum atomic E-state index is 11.8. The van der Waals surface area contributed by atoms with Gasteiger partial charge in [0, 0.05) is 24.7 Å². The first kappa shape index (κ1) is 13.5. The van der Waals surface area contributed by atoms with Crippen LogP contribution in [0.15, 0.2) is 18.2 Å². The van der Waals surface area contributed by atoms with E-state index in [1.807, 2.05) is 4.90 Å². The van der Waals surface area contributed by atoms with Crippen molar-refractivity contribution >= 4 is 23.6 Å². The van der Waals surface area contributed by atoms with E-state index in [1.165, 1.54) is 6.07 Å². The predicted molar refractivity (Wildman–Crippen MR) is 75.4 cm³/mol. The molecule has 110 valence electrons. The molecule has 0 bridgehead atoms. The van der Waals surface area contributed by atoms with Crippen molar-refractivity contribution in [3.05, 3.63) is 33.9 Å². The standard InChI is InChI=1S/C14H15N3O4/c18-8-9-3-4-11(12(6-9)17(20)21)16-5-1-2-10-13(16)7-15-14(10)19/h3-4,6,8,10,13H,1-2,5,7H2,(H,15,19). The van der Waals surface area contributed by atoms with E-state index in [4.69, 9.17) is 0 Å². The molecule has 0 saturated carbocycles. The largest absolute Gasteiger partial charge is 0.360 e. The van der Waals surface area contributed by atoms with Crippen LogP contribution in [0.1, 0.15) is 23.2 Å². The highest BCUT2D eigenvalue weighted by Crippen LogP contribution is 2.36. The Hall–Kier alpha value is -2.44. The van der Waals surface area contributed by atoms with Gasteiger partial charge in [0.05, 0.1) is 16.9 Å².